The maximum Gasteiger partial charge on any atom is 0.224 e. The molecule has 1 rings (SSSR count). The minimum Gasteiger partial charge on any atom is -0.493 e. The minimum absolute atomic E-state index is 0.0134. The molecule has 0 bridgehead atoms. The lowest BCUT2D eigenvalue weighted by Crippen LogP contribution is -2.30. The molecule has 0 aromatic heterocycles. The Morgan fingerprint density at radius 3 is 2.60 bits per heavy atom. The molecule has 20 heavy (non-hydrogen) atoms. The van der Waals surface area contributed by atoms with Crippen LogP contribution in [0, 0.1) is 0 Å². The van der Waals surface area contributed by atoms with Gasteiger partial charge >= 0.3 is 0 Å². The van der Waals surface area contributed by atoms with E-state index in [1.807, 2.05) is 19.1 Å². The zero-order chi connectivity index (χ0) is 15.0. The lowest BCUT2D eigenvalue weighted by molar-refractivity contribution is -0.120. The Morgan fingerprint density at radius 1 is 1.30 bits per heavy atom. The summed E-state index contributed by atoms with van der Waals surface area (Å²) in [6.45, 7) is 2.65. The molecule has 0 heterocycles. The first-order valence-electron chi connectivity index (χ1n) is 6.83. The van der Waals surface area contributed by atoms with Crippen molar-refractivity contribution in [1.29, 1.82) is 0 Å². The van der Waals surface area contributed by atoms with Crippen molar-refractivity contribution in [2.24, 2.45) is 5.73 Å². The molecule has 0 aliphatic carbocycles. The van der Waals surface area contributed by atoms with E-state index in [0.29, 0.717) is 24.5 Å². The summed E-state index contributed by atoms with van der Waals surface area (Å²) in [6.07, 6.45) is 2.04. The van der Waals surface area contributed by atoms with Gasteiger partial charge in [-0.3, -0.25) is 4.79 Å². The van der Waals surface area contributed by atoms with Gasteiger partial charge in [0.05, 0.1) is 20.6 Å². The van der Waals surface area contributed by atoms with Crippen molar-refractivity contribution in [3.8, 4) is 11.5 Å². The molecule has 0 radical (unpaired) electrons. The Morgan fingerprint density at radius 2 is 2.00 bits per heavy atom. The number of amides is 1. The molecule has 5 heteroatoms. The maximum atomic E-state index is 11.8. The number of rotatable bonds is 8. The minimum atomic E-state index is -0.0134. The van der Waals surface area contributed by atoms with Gasteiger partial charge in [0, 0.05) is 12.6 Å². The first-order valence-corrected chi connectivity index (χ1v) is 6.83. The second kappa shape index (κ2) is 8.43. The van der Waals surface area contributed by atoms with Gasteiger partial charge in [-0.2, -0.15) is 0 Å². The monoisotopic (exact) mass is 280 g/mol. The van der Waals surface area contributed by atoms with E-state index in [1.165, 1.54) is 0 Å². The fourth-order valence-electron chi connectivity index (χ4n) is 1.84. The lowest BCUT2D eigenvalue weighted by atomic mass is 10.1. The van der Waals surface area contributed by atoms with E-state index in [1.54, 1.807) is 20.3 Å². The molecule has 3 N–H and O–H groups in total. The molecule has 0 saturated heterocycles. The molecular weight excluding hydrogens is 256 g/mol. The molecule has 0 spiro atoms. The molecule has 112 valence electrons. The highest BCUT2D eigenvalue weighted by Crippen LogP contribution is 2.27. The number of hydrogen-bond donors (Lipinski definition) is 2. The number of ether oxygens (including phenoxy) is 2. The third-order valence-corrected chi connectivity index (χ3v) is 3.17. The molecule has 1 aromatic rings. The van der Waals surface area contributed by atoms with Crippen molar-refractivity contribution in [3.63, 3.8) is 0 Å². The van der Waals surface area contributed by atoms with Gasteiger partial charge in [0.25, 0.3) is 0 Å². The van der Waals surface area contributed by atoms with Crippen molar-refractivity contribution < 1.29 is 14.3 Å². The summed E-state index contributed by atoms with van der Waals surface area (Å²) >= 11 is 0. The van der Waals surface area contributed by atoms with Crippen LogP contribution in [0.1, 0.15) is 25.3 Å². The van der Waals surface area contributed by atoms with Crippen LogP contribution in [0.25, 0.3) is 0 Å². The van der Waals surface area contributed by atoms with Gasteiger partial charge in [-0.15, -0.1) is 0 Å². The van der Waals surface area contributed by atoms with E-state index in [-0.39, 0.29) is 11.9 Å². The number of carbonyl (C=O) groups excluding carboxylic acids is 1. The van der Waals surface area contributed by atoms with Crippen LogP contribution in [0.4, 0.5) is 0 Å². The van der Waals surface area contributed by atoms with Gasteiger partial charge in [0.2, 0.25) is 5.91 Å². The van der Waals surface area contributed by atoms with Crippen LogP contribution >= 0.6 is 0 Å². The number of benzene rings is 1. The average Bonchev–Trinajstić information content (AvgIpc) is 2.46. The van der Waals surface area contributed by atoms with Crippen LogP contribution < -0.4 is 20.5 Å². The molecule has 0 fully saturated rings. The Bertz CT molecular complexity index is 435. The van der Waals surface area contributed by atoms with E-state index in [9.17, 15) is 4.79 Å². The quantitative estimate of drug-likeness (QED) is 0.756. The van der Waals surface area contributed by atoms with E-state index in [2.05, 4.69) is 5.32 Å². The topological polar surface area (TPSA) is 73.6 Å². The third-order valence-electron chi connectivity index (χ3n) is 3.17. The molecule has 1 unspecified atom stereocenters. The van der Waals surface area contributed by atoms with E-state index in [4.69, 9.17) is 15.2 Å². The van der Waals surface area contributed by atoms with Crippen molar-refractivity contribution in [3.05, 3.63) is 23.8 Å². The van der Waals surface area contributed by atoms with Crippen LogP contribution in [0.2, 0.25) is 0 Å². The maximum absolute atomic E-state index is 11.8. The lowest BCUT2D eigenvalue weighted by Gasteiger charge is -2.11. The summed E-state index contributed by atoms with van der Waals surface area (Å²) in [5.74, 6) is 1.27. The number of nitrogens with one attached hydrogen (secondary N) is 1. The predicted molar refractivity (Wildman–Crippen MR) is 79.1 cm³/mol. The molecule has 1 atom stereocenters. The molecule has 0 aliphatic heterocycles. The van der Waals surface area contributed by atoms with Gasteiger partial charge in [-0.1, -0.05) is 13.0 Å². The highest BCUT2D eigenvalue weighted by atomic mass is 16.5. The first kappa shape index (κ1) is 16.3. The summed E-state index contributed by atoms with van der Waals surface area (Å²) in [7, 11) is 3.16. The molecule has 5 nitrogen and oxygen atoms in total. The van der Waals surface area contributed by atoms with Crippen molar-refractivity contribution >= 4 is 5.91 Å². The number of nitrogens with two attached hydrogens (primary N) is 1. The largest absolute Gasteiger partial charge is 0.493 e. The third kappa shape index (κ3) is 5.09. The fourth-order valence-corrected chi connectivity index (χ4v) is 1.84. The molecule has 1 aromatic carbocycles. The Hall–Kier alpha value is -1.75. The summed E-state index contributed by atoms with van der Waals surface area (Å²) in [5.41, 5.74) is 6.69. The number of carbonyl (C=O) groups is 1. The summed E-state index contributed by atoms with van der Waals surface area (Å²) < 4.78 is 10.4. The van der Waals surface area contributed by atoms with Crippen molar-refractivity contribution in [2.75, 3.05) is 20.8 Å². The Kier molecular flexibility index (Phi) is 6.87. The highest BCUT2D eigenvalue weighted by molar-refractivity contribution is 5.78. The molecule has 0 saturated carbocycles. The SMILES string of the molecule is CCC(N)CCNC(=O)Cc1ccc(OC)c(OC)c1. The van der Waals surface area contributed by atoms with Crippen molar-refractivity contribution in [1.82, 2.24) is 5.32 Å². The smallest absolute Gasteiger partial charge is 0.224 e. The van der Waals surface area contributed by atoms with Gasteiger partial charge in [-0.25, -0.2) is 0 Å². The van der Waals surface area contributed by atoms with Crippen LogP contribution in [0.3, 0.4) is 0 Å². The predicted octanol–water partition coefficient (Wildman–Crippen LogP) is 1.49. The number of hydrogen-bond acceptors (Lipinski definition) is 4. The second-order valence-corrected chi connectivity index (χ2v) is 4.67. The zero-order valence-electron chi connectivity index (χ0n) is 12.4. The summed E-state index contributed by atoms with van der Waals surface area (Å²) in [5, 5.41) is 2.87. The van der Waals surface area contributed by atoms with Gasteiger partial charge < -0.3 is 20.5 Å². The molecular formula is C15H24N2O3. The zero-order valence-corrected chi connectivity index (χ0v) is 12.4. The Labute approximate surface area is 120 Å². The standard InChI is InChI=1S/C15H24N2O3/c1-4-12(16)7-8-17-15(18)10-11-5-6-13(19-2)14(9-11)20-3/h5-6,9,12H,4,7-8,10,16H2,1-3H3,(H,17,18). The normalized spacial score (nSPS) is 11.8. The van der Waals surface area contributed by atoms with Gasteiger partial charge in [-0.05, 0) is 30.5 Å². The van der Waals surface area contributed by atoms with Gasteiger partial charge in [0.1, 0.15) is 0 Å². The average molecular weight is 280 g/mol. The van der Waals surface area contributed by atoms with E-state index >= 15 is 0 Å². The van der Waals surface area contributed by atoms with E-state index in [0.717, 1.165) is 18.4 Å². The van der Waals surface area contributed by atoms with Crippen LogP contribution in [-0.4, -0.2) is 32.7 Å². The van der Waals surface area contributed by atoms with Crippen LogP contribution in [-0.2, 0) is 11.2 Å². The van der Waals surface area contributed by atoms with Gasteiger partial charge in [0.15, 0.2) is 11.5 Å². The molecule has 0 aliphatic rings. The number of methoxy groups -OCH3 is 2. The highest BCUT2D eigenvalue weighted by Gasteiger charge is 2.08. The second-order valence-electron chi connectivity index (χ2n) is 4.67. The van der Waals surface area contributed by atoms with Crippen LogP contribution in [0.5, 0.6) is 11.5 Å². The first-order chi connectivity index (χ1) is 9.60. The fraction of sp³-hybridized carbons (Fsp3) is 0.533. The van der Waals surface area contributed by atoms with Crippen molar-refractivity contribution in [2.45, 2.75) is 32.2 Å². The van der Waals surface area contributed by atoms with E-state index < -0.39 is 0 Å². The summed E-state index contributed by atoms with van der Waals surface area (Å²) in [6, 6.07) is 5.62. The van der Waals surface area contributed by atoms with Crippen LogP contribution in [0.15, 0.2) is 18.2 Å². The molecule has 1 amide bonds. The Balaban J connectivity index is 2.49. The summed E-state index contributed by atoms with van der Waals surface area (Å²) in [4.78, 5) is 11.8.